The summed E-state index contributed by atoms with van der Waals surface area (Å²) in [6.45, 7) is 0. The van der Waals surface area contributed by atoms with Gasteiger partial charge in [-0.2, -0.15) is 0 Å². The second-order valence-electron chi connectivity index (χ2n) is 4.03. The molecular formula is C13H8Cl2N4OS. The first kappa shape index (κ1) is 14.1. The highest BCUT2D eigenvalue weighted by atomic mass is 35.5. The molecule has 106 valence electrons. The van der Waals surface area contributed by atoms with E-state index in [1.54, 1.807) is 29.0 Å². The van der Waals surface area contributed by atoms with Gasteiger partial charge in [0.15, 0.2) is 10.3 Å². The van der Waals surface area contributed by atoms with Crippen molar-refractivity contribution in [3.63, 3.8) is 0 Å². The van der Waals surface area contributed by atoms with E-state index in [0.29, 0.717) is 21.5 Å². The highest BCUT2D eigenvalue weighted by Gasteiger charge is 2.10. The summed E-state index contributed by atoms with van der Waals surface area (Å²) in [4.78, 5) is 20.7. The zero-order chi connectivity index (χ0) is 14.8. The molecule has 0 bridgehead atoms. The molecular weight excluding hydrogens is 331 g/mol. The highest BCUT2D eigenvalue weighted by molar-refractivity contribution is 7.12. The fourth-order valence-electron chi connectivity index (χ4n) is 1.67. The maximum absolute atomic E-state index is 11.9. The van der Waals surface area contributed by atoms with Crippen molar-refractivity contribution in [2.45, 2.75) is 0 Å². The fourth-order valence-corrected chi connectivity index (χ4v) is 2.61. The molecule has 0 fully saturated rings. The van der Waals surface area contributed by atoms with E-state index in [-0.39, 0.29) is 11.1 Å². The molecule has 5 nitrogen and oxygen atoms in total. The molecule has 3 rings (SSSR count). The third kappa shape index (κ3) is 2.92. The molecule has 0 saturated carbocycles. The summed E-state index contributed by atoms with van der Waals surface area (Å²) in [7, 11) is 0. The standard InChI is InChI=1S/C13H8Cl2N4OS/c14-11-12(15)19(7-17-11)10-4-3-8(6-16-10)18-13(20)9-2-1-5-21-9/h1-7H,(H,18,20). The van der Waals surface area contributed by atoms with Crippen molar-refractivity contribution in [3.8, 4) is 5.82 Å². The molecule has 0 atom stereocenters. The molecule has 3 heterocycles. The maximum atomic E-state index is 11.9. The van der Waals surface area contributed by atoms with Gasteiger partial charge in [0.25, 0.3) is 5.91 Å². The number of hydrogen-bond donors (Lipinski definition) is 1. The van der Waals surface area contributed by atoms with Crippen LogP contribution in [0.3, 0.4) is 0 Å². The molecule has 3 aromatic rings. The number of anilines is 1. The van der Waals surface area contributed by atoms with E-state index in [1.807, 2.05) is 11.4 Å². The van der Waals surface area contributed by atoms with Crippen molar-refractivity contribution >= 4 is 46.1 Å². The van der Waals surface area contributed by atoms with E-state index in [9.17, 15) is 4.79 Å². The minimum absolute atomic E-state index is 0.164. The molecule has 0 spiro atoms. The zero-order valence-corrected chi connectivity index (χ0v) is 12.8. The lowest BCUT2D eigenvalue weighted by atomic mass is 10.3. The number of halogens is 2. The predicted octanol–water partition coefficient (Wildman–Crippen LogP) is 3.89. The van der Waals surface area contributed by atoms with Gasteiger partial charge in [0, 0.05) is 0 Å². The van der Waals surface area contributed by atoms with Crippen LogP contribution in [0.5, 0.6) is 0 Å². The summed E-state index contributed by atoms with van der Waals surface area (Å²) in [6.07, 6.45) is 3.03. The number of carbonyl (C=O) groups excluding carboxylic acids is 1. The molecule has 3 aromatic heterocycles. The monoisotopic (exact) mass is 338 g/mol. The van der Waals surface area contributed by atoms with E-state index >= 15 is 0 Å². The number of rotatable bonds is 3. The van der Waals surface area contributed by atoms with Crippen molar-refractivity contribution in [3.05, 3.63) is 57.4 Å². The van der Waals surface area contributed by atoms with Gasteiger partial charge >= 0.3 is 0 Å². The molecule has 0 unspecified atom stereocenters. The van der Waals surface area contributed by atoms with Crippen molar-refractivity contribution in [2.75, 3.05) is 5.32 Å². The van der Waals surface area contributed by atoms with Crippen LogP contribution in [0.1, 0.15) is 9.67 Å². The Morgan fingerprint density at radius 3 is 2.67 bits per heavy atom. The molecule has 1 amide bonds. The molecule has 0 radical (unpaired) electrons. The van der Waals surface area contributed by atoms with Gasteiger partial charge in [-0.05, 0) is 23.6 Å². The van der Waals surface area contributed by atoms with Gasteiger partial charge in [0.1, 0.15) is 12.1 Å². The summed E-state index contributed by atoms with van der Waals surface area (Å²) in [5.74, 6) is 0.400. The second-order valence-corrected chi connectivity index (χ2v) is 5.70. The number of hydrogen-bond acceptors (Lipinski definition) is 4. The van der Waals surface area contributed by atoms with Crippen LogP contribution in [0, 0.1) is 0 Å². The molecule has 0 saturated heterocycles. The first-order valence-corrected chi connectivity index (χ1v) is 7.48. The number of nitrogens with one attached hydrogen (secondary N) is 1. The maximum Gasteiger partial charge on any atom is 0.265 e. The largest absolute Gasteiger partial charge is 0.320 e. The van der Waals surface area contributed by atoms with Crippen LogP contribution in [-0.4, -0.2) is 20.4 Å². The second kappa shape index (κ2) is 5.85. The van der Waals surface area contributed by atoms with E-state index in [2.05, 4.69) is 15.3 Å². The van der Waals surface area contributed by atoms with Crippen LogP contribution in [-0.2, 0) is 0 Å². The van der Waals surface area contributed by atoms with E-state index in [4.69, 9.17) is 23.2 Å². The van der Waals surface area contributed by atoms with E-state index in [1.165, 1.54) is 17.7 Å². The van der Waals surface area contributed by atoms with Gasteiger partial charge in [-0.25, -0.2) is 9.97 Å². The first-order chi connectivity index (χ1) is 10.1. The highest BCUT2D eigenvalue weighted by Crippen LogP contribution is 2.23. The van der Waals surface area contributed by atoms with Gasteiger partial charge < -0.3 is 5.32 Å². The average Bonchev–Trinajstić information content (AvgIpc) is 3.12. The lowest BCUT2D eigenvalue weighted by Gasteiger charge is -2.06. The van der Waals surface area contributed by atoms with Crippen LogP contribution in [0.15, 0.2) is 42.2 Å². The average molecular weight is 339 g/mol. The minimum Gasteiger partial charge on any atom is -0.320 e. The summed E-state index contributed by atoms with van der Waals surface area (Å²) in [6, 6.07) is 7.03. The molecule has 0 aliphatic heterocycles. The molecule has 0 aromatic carbocycles. The first-order valence-electron chi connectivity index (χ1n) is 5.85. The molecule has 21 heavy (non-hydrogen) atoms. The lowest BCUT2D eigenvalue weighted by Crippen LogP contribution is -2.10. The number of thiophene rings is 1. The Morgan fingerprint density at radius 2 is 2.10 bits per heavy atom. The van der Waals surface area contributed by atoms with Crippen LogP contribution in [0.2, 0.25) is 10.3 Å². The van der Waals surface area contributed by atoms with E-state index in [0.717, 1.165) is 0 Å². The molecule has 0 aliphatic carbocycles. The Kier molecular flexibility index (Phi) is 3.92. The quantitative estimate of drug-likeness (QED) is 0.788. The molecule has 0 aliphatic rings. The van der Waals surface area contributed by atoms with Crippen LogP contribution in [0.25, 0.3) is 5.82 Å². The number of pyridine rings is 1. The number of carbonyl (C=O) groups is 1. The van der Waals surface area contributed by atoms with Crippen LogP contribution in [0.4, 0.5) is 5.69 Å². The fraction of sp³-hybridized carbons (Fsp3) is 0. The molecule has 1 N–H and O–H groups in total. The summed E-state index contributed by atoms with van der Waals surface area (Å²) >= 11 is 13.2. The molecule has 8 heteroatoms. The van der Waals surface area contributed by atoms with Crippen molar-refractivity contribution < 1.29 is 4.79 Å². The third-order valence-electron chi connectivity index (χ3n) is 2.67. The van der Waals surface area contributed by atoms with Gasteiger partial charge in [0.05, 0.1) is 16.8 Å². The summed E-state index contributed by atoms with van der Waals surface area (Å²) in [5.41, 5.74) is 0.597. The Labute approximate surface area is 134 Å². The third-order valence-corrected chi connectivity index (χ3v) is 4.27. The van der Waals surface area contributed by atoms with Gasteiger partial charge in [-0.15, -0.1) is 11.3 Å². The number of imidazole rings is 1. The summed E-state index contributed by atoms with van der Waals surface area (Å²) in [5, 5.41) is 5.12. The van der Waals surface area contributed by atoms with Crippen molar-refractivity contribution in [1.29, 1.82) is 0 Å². The van der Waals surface area contributed by atoms with Crippen molar-refractivity contribution in [2.24, 2.45) is 0 Å². The summed E-state index contributed by atoms with van der Waals surface area (Å²) < 4.78 is 1.55. The Balaban J connectivity index is 1.78. The smallest absolute Gasteiger partial charge is 0.265 e. The van der Waals surface area contributed by atoms with Crippen LogP contribution >= 0.6 is 34.5 Å². The number of aromatic nitrogens is 3. The van der Waals surface area contributed by atoms with Gasteiger partial charge in [-0.3, -0.25) is 9.36 Å². The van der Waals surface area contributed by atoms with Crippen LogP contribution < -0.4 is 5.32 Å². The number of nitrogens with zero attached hydrogens (tertiary/aromatic N) is 3. The minimum atomic E-state index is -0.164. The van der Waals surface area contributed by atoms with Gasteiger partial charge in [0.2, 0.25) is 0 Å². The Hall–Kier alpha value is -1.89. The Bertz CT molecular complexity index is 768. The van der Waals surface area contributed by atoms with E-state index < -0.39 is 0 Å². The predicted molar refractivity (Wildman–Crippen MR) is 83.7 cm³/mol. The topological polar surface area (TPSA) is 59.8 Å². The SMILES string of the molecule is O=C(Nc1ccc(-n2cnc(Cl)c2Cl)nc1)c1cccs1. The zero-order valence-electron chi connectivity index (χ0n) is 10.5. The number of amides is 1. The Morgan fingerprint density at radius 1 is 1.24 bits per heavy atom. The van der Waals surface area contributed by atoms with Crippen molar-refractivity contribution in [1.82, 2.24) is 14.5 Å². The lowest BCUT2D eigenvalue weighted by molar-refractivity contribution is 0.103. The normalized spacial score (nSPS) is 10.6. The van der Waals surface area contributed by atoms with Gasteiger partial charge in [-0.1, -0.05) is 29.3 Å².